The van der Waals surface area contributed by atoms with E-state index in [-0.39, 0.29) is 12.2 Å². The summed E-state index contributed by atoms with van der Waals surface area (Å²) in [5.74, 6) is -0.110. The van der Waals surface area contributed by atoms with Crippen molar-refractivity contribution in [3.63, 3.8) is 0 Å². The number of carboxylic acids is 1. The maximum atomic E-state index is 11.1. The standard InChI is InChI=1S/C18H22N2O4/c1-12(2)16-7-8-20(19-16)15-6-5-13(3)17(9-15)24-11-14(10-23-4)18(21)22/h5-10,12H,11H2,1-4H3,(H,21,22)/b14-10-. The number of hydrogen-bond donors (Lipinski definition) is 1. The summed E-state index contributed by atoms with van der Waals surface area (Å²) in [6.07, 6.45) is 3.07. The Balaban J connectivity index is 2.22. The van der Waals surface area contributed by atoms with E-state index in [1.807, 2.05) is 37.4 Å². The van der Waals surface area contributed by atoms with Crippen molar-refractivity contribution in [2.45, 2.75) is 26.7 Å². The fourth-order valence-corrected chi connectivity index (χ4v) is 2.12. The second-order valence-electron chi connectivity index (χ2n) is 5.76. The third-order valence-electron chi connectivity index (χ3n) is 3.56. The number of ether oxygens (including phenoxy) is 2. The van der Waals surface area contributed by atoms with E-state index in [0.717, 1.165) is 16.9 Å². The summed E-state index contributed by atoms with van der Waals surface area (Å²) in [7, 11) is 1.40. The summed E-state index contributed by atoms with van der Waals surface area (Å²) in [6.45, 7) is 6.00. The van der Waals surface area contributed by atoms with Gasteiger partial charge in [0.15, 0.2) is 0 Å². The highest BCUT2D eigenvalue weighted by Gasteiger charge is 2.11. The fourth-order valence-electron chi connectivity index (χ4n) is 2.12. The van der Waals surface area contributed by atoms with Crippen LogP contribution in [0.15, 0.2) is 42.3 Å². The number of aliphatic carboxylic acids is 1. The van der Waals surface area contributed by atoms with Gasteiger partial charge in [-0.05, 0) is 30.5 Å². The number of hydrogen-bond acceptors (Lipinski definition) is 4. The number of aromatic nitrogens is 2. The number of rotatable bonds is 7. The van der Waals surface area contributed by atoms with Gasteiger partial charge in [0.1, 0.15) is 17.9 Å². The first-order chi connectivity index (χ1) is 11.4. The molecule has 128 valence electrons. The molecule has 0 unspecified atom stereocenters. The third-order valence-corrected chi connectivity index (χ3v) is 3.56. The number of carboxylic acid groups (broad SMARTS) is 1. The minimum absolute atomic E-state index is 0.0449. The molecule has 0 spiro atoms. The molecule has 1 aromatic carbocycles. The van der Waals surface area contributed by atoms with E-state index >= 15 is 0 Å². The summed E-state index contributed by atoms with van der Waals surface area (Å²) in [6, 6.07) is 7.69. The molecule has 0 atom stereocenters. The summed E-state index contributed by atoms with van der Waals surface area (Å²) in [4.78, 5) is 11.1. The summed E-state index contributed by atoms with van der Waals surface area (Å²) >= 11 is 0. The van der Waals surface area contributed by atoms with Gasteiger partial charge in [0.2, 0.25) is 0 Å². The van der Waals surface area contributed by atoms with Crippen LogP contribution in [0.3, 0.4) is 0 Å². The zero-order valence-corrected chi connectivity index (χ0v) is 14.3. The smallest absolute Gasteiger partial charge is 0.338 e. The van der Waals surface area contributed by atoms with Crippen LogP contribution in [0.2, 0.25) is 0 Å². The second kappa shape index (κ2) is 7.68. The molecule has 2 aromatic rings. The lowest BCUT2D eigenvalue weighted by Crippen LogP contribution is -2.11. The quantitative estimate of drug-likeness (QED) is 0.623. The lowest BCUT2D eigenvalue weighted by atomic mass is 10.1. The van der Waals surface area contributed by atoms with Gasteiger partial charge in [-0.3, -0.25) is 0 Å². The molecule has 0 fully saturated rings. The highest BCUT2D eigenvalue weighted by atomic mass is 16.5. The van der Waals surface area contributed by atoms with E-state index in [1.54, 1.807) is 4.68 Å². The van der Waals surface area contributed by atoms with Crippen molar-refractivity contribution >= 4 is 5.97 Å². The largest absolute Gasteiger partial charge is 0.504 e. The predicted molar refractivity (Wildman–Crippen MR) is 90.6 cm³/mol. The van der Waals surface area contributed by atoms with Crippen LogP contribution in [-0.2, 0) is 9.53 Å². The van der Waals surface area contributed by atoms with Gasteiger partial charge in [-0.2, -0.15) is 5.10 Å². The SMILES string of the molecule is CO/C=C(/COc1cc(-n2ccc(C(C)C)n2)ccc1C)C(=O)O. The van der Waals surface area contributed by atoms with E-state index in [1.165, 1.54) is 13.4 Å². The van der Waals surface area contributed by atoms with Crippen molar-refractivity contribution < 1.29 is 19.4 Å². The van der Waals surface area contributed by atoms with Crippen LogP contribution in [0.5, 0.6) is 5.75 Å². The Kier molecular flexibility index (Phi) is 5.63. The Morgan fingerprint density at radius 1 is 1.38 bits per heavy atom. The van der Waals surface area contributed by atoms with E-state index in [4.69, 9.17) is 14.6 Å². The maximum Gasteiger partial charge on any atom is 0.338 e. The molecule has 0 saturated heterocycles. The topological polar surface area (TPSA) is 73.6 Å². The average Bonchev–Trinajstić information content (AvgIpc) is 3.02. The highest BCUT2D eigenvalue weighted by Crippen LogP contribution is 2.23. The van der Waals surface area contributed by atoms with Gasteiger partial charge < -0.3 is 14.6 Å². The lowest BCUT2D eigenvalue weighted by molar-refractivity contribution is -0.133. The summed E-state index contributed by atoms with van der Waals surface area (Å²) < 4.78 is 12.2. The van der Waals surface area contributed by atoms with Gasteiger partial charge >= 0.3 is 5.97 Å². The van der Waals surface area contributed by atoms with E-state index in [0.29, 0.717) is 11.7 Å². The van der Waals surface area contributed by atoms with Gasteiger partial charge in [0, 0.05) is 12.3 Å². The molecule has 6 nitrogen and oxygen atoms in total. The van der Waals surface area contributed by atoms with Crippen LogP contribution in [0.1, 0.15) is 31.0 Å². The Hall–Kier alpha value is -2.76. The Labute approximate surface area is 141 Å². The van der Waals surface area contributed by atoms with Crippen molar-refractivity contribution in [1.29, 1.82) is 0 Å². The molecule has 2 rings (SSSR count). The highest BCUT2D eigenvalue weighted by molar-refractivity contribution is 5.86. The average molecular weight is 330 g/mol. The molecule has 0 aliphatic rings. The first-order valence-corrected chi connectivity index (χ1v) is 7.67. The summed E-state index contributed by atoms with van der Waals surface area (Å²) in [5, 5.41) is 13.6. The number of carbonyl (C=O) groups is 1. The molecule has 0 aliphatic heterocycles. The van der Waals surface area contributed by atoms with Crippen molar-refractivity contribution in [3.05, 3.63) is 53.6 Å². The van der Waals surface area contributed by atoms with E-state index in [2.05, 4.69) is 18.9 Å². The van der Waals surface area contributed by atoms with Gasteiger partial charge in [0.05, 0.1) is 24.8 Å². The molecule has 0 aliphatic carbocycles. The molecular weight excluding hydrogens is 308 g/mol. The van der Waals surface area contributed by atoms with Crippen molar-refractivity contribution in [2.75, 3.05) is 13.7 Å². The zero-order valence-electron chi connectivity index (χ0n) is 14.3. The van der Waals surface area contributed by atoms with Crippen molar-refractivity contribution in [1.82, 2.24) is 9.78 Å². The first-order valence-electron chi connectivity index (χ1n) is 7.67. The third kappa shape index (κ3) is 4.16. The lowest BCUT2D eigenvalue weighted by Gasteiger charge is -2.11. The summed E-state index contributed by atoms with van der Waals surface area (Å²) in [5.41, 5.74) is 2.82. The molecule has 1 heterocycles. The molecule has 0 bridgehead atoms. The molecule has 0 radical (unpaired) electrons. The van der Waals surface area contributed by atoms with Gasteiger partial charge in [-0.25, -0.2) is 9.48 Å². The monoisotopic (exact) mass is 330 g/mol. The molecular formula is C18H22N2O4. The van der Waals surface area contributed by atoms with Crippen LogP contribution < -0.4 is 4.74 Å². The van der Waals surface area contributed by atoms with Crippen LogP contribution in [-0.4, -0.2) is 34.6 Å². The van der Waals surface area contributed by atoms with Crippen molar-refractivity contribution in [3.8, 4) is 11.4 Å². The van der Waals surface area contributed by atoms with Gasteiger partial charge in [-0.1, -0.05) is 19.9 Å². The van der Waals surface area contributed by atoms with Crippen LogP contribution >= 0.6 is 0 Å². The fraction of sp³-hybridized carbons (Fsp3) is 0.333. The van der Waals surface area contributed by atoms with Crippen LogP contribution in [0.25, 0.3) is 5.69 Å². The molecule has 1 N–H and O–H groups in total. The Bertz CT molecular complexity index is 747. The number of methoxy groups -OCH3 is 1. The molecule has 6 heteroatoms. The van der Waals surface area contributed by atoms with E-state index in [9.17, 15) is 4.79 Å². The van der Waals surface area contributed by atoms with Crippen LogP contribution in [0.4, 0.5) is 0 Å². The Morgan fingerprint density at radius 3 is 2.71 bits per heavy atom. The molecule has 0 saturated carbocycles. The normalized spacial score (nSPS) is 11.6. The predicted octanol–water partition coefficient (Wildman–Crippen LogP) is 3.30. The van der Waals surface area contributed by atoms with Gasteiger partial charge in [0.25, 0.3) is 0 Å². The van der Waals surface area contributed by atoms with Gasteiger partial charge in [-0.15, -0.1) is 0 Å². The number of benzene rings is 1. The second-order valence-corrected chi connectivity index (χ2v) is 5.76. The zero-order chi connectivity index (χ0) is 17.7. The maximum absolute atomic E-state index is 11.1. The number of nitrogens with zero attached hydrogens (tertiary/aromatic N) is 2. The minimum atomic E-state index is -1.07. The van der Waals surface area contributed by atoms with Crippen molar-refractivity contribution in [2.24, 2.45) is 0 Å². The number of aryl methyl sites for hydroxylation is 1. The van der Waals surface area contributed by atoms with E-state index < -0.39 is 5.97 Å². The molecule has 24 heavy (non-hydrogen) atoms. The minimum Gasteiger partial charge on any atom is -0.504 e. The Morgan fingerprint density at radius 2 is 2.12 bits per heavy atom. The first kappa shape index (κ1) is 17.6. The molecule has 0 amide bonds. The molecule has 1 aromatic heterocycles. The van der Waals surface area contributed by atoms with Crippen LogP contribution in [0, 0.1) is 6.92 Å².